The maximum Gasteiger partial charge on any atom is 0.0127 e. The van der Waals surface area contributed by atoms with Gasteiger partial charge in [-0.1, -0.05) is 27.0 Å². The third kappa shape index (κ3) is 2.26. The van der Waals surface area contributed by atoms with Crippen molar-refractivity contribution in [3.05, 3.63) is 24.6 Å². The van der Waals surface area contributed by atoms with Crippen LogP contribution in [-0.2, 0) is 0 Å². The molecule has 0 saturated carbocycles. The van der Waals surface area contributed by atoms with Crippen LogP contribution in [0.1, 0.15) is 20.8 Å². The van der Waals surface area contributed by atoms with E-state index in [1.165, 1.54) is 0 Å². The molecule has 0 rings (SSSR count). The molecule has 0 atom stereocenters. The van der Waals surface area contributed by atoms with Crippen LogP contribution in [0, 0.1) is 5.92 Å². The van der Waals surface area contributed by atoms with Crippen molar-refractivity contribution in [3.63, 3.8) is 0 Å². The SMILES string of the molecule is C=C(C)N(C)C(=C)C(C)C. The second kappa shape index (κ2) is 3.45. The number of allylic oxidation sites excluding steroid dienone is 2. The van der Waals surface area contributed by atoms with E-state index in [-0.39, 0.29) is 0 Å². The molecule has 0 aliphatic carbocycles. The smallest absolute Gasteiger partial charge is 0.0127 e. The van der Waals surface area contributed by atoms with E-state index in [0.29, 0.717) is 5.92 Å². The summed E-state index contributed by atoms with van der Waals surface area (Å²) in [4.78, 5) is 2.02. The summed E-state index contributed by atoms with van der Waals surface area (Å²) in [5.41, 5.74) is 2.16. The molecular weight excluding hydrogens is 122 g/mol. The van der Waals surface area contributed by atoms with Crippen molar-refractivity contribution < 1.29 is 0 Å². The largest absolute Gasteiger partial charge is 0.353 e. The third-order valence-electron chi connectivity index (χ3n) is 1.67. The average molecular weight is 139 g/mol. The van der Waals surface area contributed by atoms with Crippen LogP contribution in [0.15, 0.2) is 24.6 Å². The van der Waals surface area contributed by atoms with E-state index in [4.69, 9.17) is 0 Å². The van der Waals surface area contributed by atoms with Crippen LogP contribution in [0.2, 0.25) is 0 Å². The van der Waals surface area contributed by atoms with Crippen molar-refractivity contribution in [2.45, 2.75) is 20.8 Å². The average Bonchev–Trinajstić information content (AvgIpc) is 1.84. The Hall–Kier alpha value is -0.720. The first-order valence-electron chi connectivity index (χ1n) is 3.54. The Labute approximate surface area is 64.0 Å². The van der Waals surface area contributed by atoms with Crippen molar-refractivity contribution in [2.24, 2.45) is 5.92 Å². The van der Waals surface area contributed by atoms with E-state index in [9.17, 15) is 0 Å². The van der Waals surface area contributed by atoms with Gasteiger partial charge in [-0.2, -0.15) is 0 Å². The molecule has 0 spiro atoms. The zero-order chi connectivity index (χ0) is 8.31. The van der Waals surface area contributed by atoms with Crippen molar-refractivity contribution in [3.8, 4) is 0 Å². The molecule has 10 heavy (non-hydrogen) atoms. The van der Waals surface area contributed by atoms with Gasteiger partial charge in [0, 0.05) is 18.4 Å². The van der Waals surface area contributed by atoms with Gasteiger partial charge in [-0.25, -0.2) is 0 Å². The van der Waals surface area contributed by atoms with E-state index in [0.717, 1.165) is 11.4 Å². The Bertz CT molecular complexity index is 145. The summed E-state index contributed by atoms with van der Waals surface area (Å²) in [6, 6.07) is 0. The first-order valence-corrected chi connectivity index (χ1v) is 3.54. The first-order chi connectivity index (χ1) is 4.46. The summed E-state index contributed by atoms with van der Waals surface area (Å²) in [5.74, 6) is 0.502. The van der Waals surface area contributed by atoms with Crippen LogP contribution in [0.3, 0.4) is 0 Å². The van der Waals surface area contributed by atoms with Gasteiger partial charge in [0.25, 0.3) is 0 Å². The summed E-state index contributed by atoms with van der Waals surface area (Å²) >= 11 is 0. The lowest BCUT2D eigenvalue weighted by Crippen LogP contribution is -2.17. The highest BCUT2D eigenvalue weighted by Crippen LogP contribution is 2.14. The van der Waals surface area contributed by atoms with Crippen LogP contribution in [0.5, 0.6) is 0 Å². The van der Waals surface area contributed by atoms with Crippen LogP contribution in [-0.4, -0.2) is 11.9 Å². The van der Waals surface area contributed by atoms with Crippen molar-refractivity contribution in [1.29, 1.82) is 0 Å². The first kappa shape index (κ1) is 9.28. The molecule has 0 unspecified atom stereocenters. The maximum atomic E-state index is 3.94. The predicted octanol–water partition coefficient (Wildman–Crippen LogP) is 2.62. The lowest BCUT2D eigenvalue weighted by molar-refractivity contribution is 0.459. The molecule has 0 amide bonds. The molecule has 0 aromatic rings. The molecule has 0 aromatic heterocycles. The molecule has 0 N–H and O–H groups in total. The summed E-state index contributed by atoms with van der Waals surface area (Å²) in [6.07, 6.45) is 0. The van der Waals surface area contributed by atoms with E-state index in [1.54, 1.807) is 0 Å². The molecule has 0 bridgehead atoms. The zero-order valence-electron chi connectivity index (χ0n) is 7.44. The Morgan fingerprint density at radius 3 is 1.80 bits per heavy atom. The van der Waals surface area contributed by atoms with Gasteiger partial charge < -0.3 is 4.90 Å². The fourth-order valence-corrected chi connectivity index (χ4v) is 0.632. The minimum absolute atomic E-state index is 0.502. The van der Waals surface area contributed by atoms with Gasteiger partial charge in [0.1, 0.15) is 0 Å². The van der Waals surface area contributed by atoms with Crippen molar-refractivity contribution in [1.82, 2.24) is 4.90 Å². The minimum atomic E-state index is 0.502. The number of nitrogens with zero attached hydrogens (tertiary/aromatic N) is 1. The van der Waals surface area contributed by atoms with Crippen LogP contribution in [0.4, 0.5) is 0 Å². The number of hydrogen-bond donors (Lipinski definition) is 0. The molecule has 1 heteroatoms. The van der Waals surface area contributed by atoms with Gasteiger partial charge in [0.05, 0.1) is 0 Å². The molecule has 0 radical (unpaired) electrons. The summed E-state index contributed by atoms with van der Waals surface area (Å²) in [6.45, 7) is 14.0. The number of rotatable bonds is 3. The standard InChI is InChI=1S/C9H17N/c1-7(2)9(5)10(6)8(3)4/h7H,3,5H2,1-2,4,6H3. The Balaban J connectivity index is 4.08. The predicted molar refractivity (Wildman–Crippen MR) is 46.6 cm³/mol. The molecule has 0 heterocycles. The van der Waals surface area contributed by atoms with E-state index >= 15 is 0 Å². The fraction of sp³-hybridized carbons (Fsp3) is 0.556. The van der Waals surface area contributed by atoms with E-state index in [1.807, 2.05) is 18.9 Å². The van der Waals surface area contributed by atoms with Gasteiger partial charge in [0.2, 0.25) is 0 Å². The molecule has 0 saturated heterocycles. The highest BCUT2D eigenvalue weighted by Gasteiger charge is 2.05. The highest BCUT2D eigenvalue weighted by molar-refractivity contribution is 5.05. The van der Waals surface area contributed by atoms with Crippen LogP contribution < -0.4 is 0 Å². The molecule has 0 aromatic carbocycles. The summed E-state index contributed by atoms with van der Waals surface area (Å²) < 4.78 is 0. The topological polar surface area (TPSA) is 3.24 Å². The maximum absolute atomic E-state index is 3.94. The van der Waals surface area contributed by atoms with E-state index < -0.39 is 0 Å². The minimum Gasteiger partial charge on any atom is -0.353 e. The van der Waals surface area contributed by atoms with Crippen molar-refractivity contribution in [2.75, 3.05) is 7.05 Å². The Kier molecular flexibility index (Phi) is 3.20. The molecule has 0 fully saturated rings. The monoisotopic (exact) mass is 139 g/mol. The quantitative estimate of drug-likeness (QED) is 0.581. The molecular formula is C9H17N. The van der Waals surface area contributed by atoms with E-state index in [2.05, 4.69) is 27.0 Å². The van der Waals surface area contributed by atoms with Crippen molar-refractivity contribution >= 4 is 0 Å². The third-order valence-corrected chi connectivity index (χ3v) is 1.67. The van der Waals surface area contributed by atoms with Gasteiger partial charge >= 0.3 is 0 Å². The fourth-order valence-electron chi connectivity index (χ4n) is 0.632. The van der Waals surface area contributed by atoms with Gasteiger partial charge in [0.15, 0.2) is 0 Å². The molecule has 0 aliphatic heterocycles. The molecule has 0 aliphatic rings. The Morgan fingerprint density at radius 2 is 1.70 bits per heavy atom. The lowest BCUT2D eigenvalue weighted by Gasteiger charge is -2.24. The molecule has 1 nitrogen and oxygen atoms in total. The van der Waals surface area contributed by atoms with Gasteiger partial charge in [-0.05, 0) is 12.8 Å². The lowest BCUT2D eigenvalue weighted by atomic mass is 10.1. The number of hydrogen-bond acceptors (Lipinski definition) is 1. The summed E-state index contributed by atoms with van der Waals surface area (Å²) in [5, 5.41) is 0. The molecule has 58 valence electrons. The summed E-state index contributed by atoms with van der Waals surface area (Å²) in [7, 11) is 1.99. The highest BCUT2D eigenvalue weighted by atomic mass is 15.1. The van der Waals surface area contributed by atoms with Crippen LogP contribution >= 0.6 is 0 Å². The second-order valence-corrected chi connectivity index (χ2v) is 2.94. The zero-order valence-corrected chi connectivity index (χ0v) is 7.44. The van der Waals surface area contributed by atoms with Crippen LogP contribution in [0.25, 0.3) is 0 Å². The second-order valence-electron chi connectivity index (χ2n) is 2.94. The van der Waals surface area contributed by atoms with Gasteiger partial charge in [-0.15, -0.1) is 0 Å². The Morgan fingerprint density at radius 1 is 1.30 bits per heavy atom. The van der Waals surface area contributed by atoms with Gasteiger partial charge in [-0.3, -0.25) is 0 Å². The normalized spacial score (nSPS) is 9.70.